The van der Waals surface area contributed by atoms with Crippen molar-refractivity contribution in [2.24, 2.45) is 11.3 Å². The molecule has 20 heavy (non-hydrogen) atoms. The first-order chi connectivity index (χ1) is 9.60. The van der Waals surface area contributed by atoms with Gasteiger partial charge in [0, 0.05) is 16.9 Å². The van der Waals surface area contributed by atoms with Crippen LogP contribution in [0, 0.1) is 11.3 Å². The monoisotopic (exact) mass is 278 g/mol. The third kappa shape index (κ3) is 3.10. The number of hydrogen-bond donors (Lipinski definition) is 1. The van der Waals surface area contributed by atoms with Gasteiger partial charge in [0.1, 0.15) is 5.76 Å². The summed E-state index contributed by atoms with van der Waals surface area (Å²) in [6.07, 6.45) is 12.3. The molecule has 0 aromatic carbocycles. The van der Waals surface area contributed by atoms with Crippen molar-refractivity contribution in [2.75, 3.05) is 0 Å². The number of carbonyl (C=O) groups excluding carboxylic acids is 1. The highest BCUT2D eigenvalue weighted by Crippen LogP contribution is 2.42. The Balaban J connectivity index is 2.16. The highest BCUT2D eigenvalue weighted by molar-refractivity contribution is 5.99. The zero-order chi connectivity index (χ0) is 14.6. The van der Waals surface area contributed by atoms with Gasteiger partial charge in [0.25, 0.3) is 0 Å². The standard InChI is InChI=1S/C18H30O2/c1-3-18(12-8-5-9-13-18)17(20)14(2)16(19)15-10-6-4-7-11-15/h15,19H,3-13H2,1-2H3/b16-14-. The summed E-state index contributed by atoms with van der Waals surface area (Å²) in [7, 11) is 0. The van der Waals surface area contributed by atoms with Crippen molar-refractivity contribution in [1.82, 2.24) is 0 Å². The van der Waals surface area contributed by atoms with Crippen LogP contribution < -0.4 is 0 Å². The van der Waals surface area contributed by atoms with Gasteiger partial charge in [-0.1, -0.05) is 45.4 Å². The molecular weight excluding hydrogens is 248 g/mol. The van der Waals surface area contributed by atoms with E-state index < -0.39 is 0 Å². The Labute approximate surface area is 123 Å². The van der Waals surface area contributed by atoms with Crippen LogP contribution in [0.3, 0.4) is 0 Å². The highest BCUT2D eigenvalue weighted by atomic mass is 16.3. The van der Waals surface area contributed by atoms with Crippen molar-refractivity contribution >= 4 is 5.78 Å². The fourth-order valence-corrected chi connectivity index (χ4v) is 4.17. The molecule has 0 aromatic rings. The molecule has 2 heteroatoms. The molecule has 0 spiro atoms. The normalized spacial score (nSPS) is 25.1. The van der Waals surface area contributed by atoms with E-state index >= 15 is 0 Å². The third-order valence-corrected chi connectivity index (χ3v) is 5.69. The lowest BCUT2D eigenvalue weighted by Crippen LogP contribution is -2.34. The largest absolute Gasteiger partial charge is 0.512 e. The van der Waals surface area contributed by atoms with Crippen LogP contribution in [0.4, 0.5) is 0 Å². The Bertz CT molecular complexity index is 369. The number of Topliss-reactive ketones (excluding diaryl/α,β-unsaturated/α-hetero) is 1. The Kier molecular flexibility index (Phi) is 5.29. The summed E-state index contributed by atoms with van der Waals surface area (Å²) < 4.78 is 0. The van der Waals surface area contributed by atoms with Crippen LogP contribution >= 0.6 is 0 Å². The molecule has 2 fully saturated rings. The van der Waals surface area contributed by atoms with Gasteiger partial charge in [-0.15, -0.1) is 0 Å². The number of allylic oxidation sites excluding steroid dienone is 2. The van der Waals surface area contributed by atoms with E-state index in [-0.39, 0.29) is 17.1 Å². The minimum absolute atomic E-state index is 0.176. The molecule has 2 aliphatic carbocycles. The van der Waals surface area contributed by atoms with Crippen LogP contribution in [0.1, 0.15) is 84.5 Å². The van der Waals surface area contributed by atoms with Crippen LogP contribution in [0.15, 0.2) is 11.3 Å². The van der Waals surface area contributed by atoms with E-state index in [2.05, 4.69) is 6.92 Å². The maximum Gasteiger partial charge on any atom is 0.168 e. The van der Waals surface area contributed by atoms with Crippen molar-refractivity contribution < 1.29 is 9.90 Å². The molecule has 0 atom stereocenters. The molecule has 0 saturated heterocycles. The first kappa shape index (κ1) is 15.6. The number of ketones is 1. The van der Waals surface area contributed by atoms with Crippen LogP contribution in [0.25, 0.3) is 0 Å². The Morgan fingerprint density at radius 1 is 1.05 bits per heavy atom. The number of aliphatic hydroxyl groups excluding tert-OH is 1. The van der Waals surface area contributed by atoms with Gasteiger partial charge >= 0.3 is 0 Å². The number of aliphatic hydroxyl groups is 1. The average Bonchev–Trinajstić information content (AvgIpc) is 2.54. The Morgan fingerprint density at radius 3 is 2.15 bits per heavy atom. The van der Waals surface area contributed by atoms with Gasteiger partial charge < -0.3 is 5.11 Å². The van der Waals surface area contributed by atoms with Crippen molar-refractivity contribution in [1.29, 1.82) is 0 Å². The summed E-state index contributed by atoms with van der Waals surface area (Å²) in [6, 6.07) is 0. The lowest BCUT2D eigenvalue weighted by Gasteiger charge is -2.36. The van der Waals surface area contributed by atoms with E-state index in [4.69, 9.17) is 0 Å². The number of hydrogen-bond acceptors (Lipinski definition) is 2. The summed E-state index contributed by atoms with van der Waals surface area (Å²) >= 11 is 0. The molecule has 0 amide bonds. The number of rotatable bonds is 4. The molecule has 2 saturated carbocycles. The van der Waals surface area contributed by atoms with E-state index in [0.717, 1.165) is 44.9 Å². The molecule has 2 rings (SSSR count). The van der Waals surface area contributed by atoms with E-state index in [1.54, 1.807) is 0 Å². The smallest absolute Gasteiger partial charge is 0.168 e. The first-order valence-corrected chi connectivity index (χ1v) is 8.55. The molecule has 0 bridgehead atoms. The van der Waals surface area contributed by atoms with E-state index in [1.165, 1.54) is 25.7 Å². The molecular formula is C18H30O2. The van der Waals surface area contributed by atoms with E-state index in [0.29, 0.717) is 11.3 Å². The van der Waals surface area contributed by atoms with E-state index in [1.807, 2.05) is 6.92 Å². The Hall–Kier alpha value is -0.790. The minimum atomic E-state index is -0.176. The molecule has 0 aromatic heterocycles. The zero-order valence-corrected chi connectivity index (χ0v) is 13.2. The lowest BCUT2D eigenvalue weighted by molar-refractivity contribution is -0.127. The Morgan fingerprint density at radius 2 is 1.60 bits per heavy atom. The van der Waals surface area contributed by atoms with Crippen LogP contribution in [0.5, 0.6) is 0 Å². The molecule has 114 valence electrons. The predicted octanol–water partition coefficient (Wildman–Crippen LogP) is 5.33. The fourth-order valence-electron chi connectivity index (χ4n) is 4.17. The van der Waals surface area contributed by atoms with Gasteiger partial charge in [-0.25, -0.2) is 0 Å². The second-order valence-electron chi connectivity index (χ2n) is 6.87. The maximum absolute atomic E-state index is 12.9. The molecule has 0 radical (unpaired) electrons. The van der Waals surface area contributed by atoms with Gasteiger partial charge in [0.15, 0.2) is 5.78 Å². The highest BCUT2D eigenvalue weighted by Gasteiger charge is 2.39. The minimum Gasteiger partial charge on any atom is -0.512 e. The second-order valence-corrected chi connectivity index (χ2v) is 6.87. The molecule has 2 nitrogen and oxygen atoms in total. The topological polar surface area (TPSA) is 37.3 Å². The molecule has 2 aliphatic rings. The molecule has 0 unspecified atom stereocenters. The number of carbonyl (C=O) groups is 1. The zero-order valence-electron chi connectivity index (χ0n) is 13.2. The fraction of sp³-hybridized carbons (Fsp3) is 0.833. The van der Waals surface area contributed by atoms with Crippen molar-refractivity contribution in [2.45, 2.75) is 84.5 Å². The average molecular weight is 278 g/mol. The molecule has 1 N–H and O–H groups in total. The van der Waals surface area contributed by atoms with Gasteiger partial charge in [-0.05, 0) is 39.0 Å². The van der Waals surface area contributed by atoms with Gasteiger partial charge in [0.2, 0.25) is 0 Å². The van der Waals surface area contributed by atoms with Crippen molar-refractivity contribution in [3.63, 3.8) is 0 Å². The summed E-state index contributed by atoms with van der Waals surface area (Å²) in [5.41, 5.74) is 0.492. The summed E-state index contributed by atoms with van der Waals surface area (Å²) in [6.45, 7) is 3.99. The SMILES string of the molecule is CCC1(C(=O)/C(C)=C(\O)C2CCCCC2)CCCCC1. The lowest BCUT2D eigenvalue weighted by atomic mass is 9.67. The quantitative estimate of drug-likeness (QED) is 0.557. The van der Waals surface area contributed by atoms with Crippen LogP contribution in [0.2, 0.25) is 0 Å². The summed E-state index contributed by atoms with van der Waals surface area (Å²) in [5, 5.41) is 10.5. The summed E-state index contributed by atoms with van der Waals surface area (Å²) in [4.78, 5) is 12.9. The summed E-state index contributed by atoms with van der Waals surface area (Å²) in [5.74, 6) is 0.890. The second kappa shape index (κ2) is 6.78. The third-order valence-electron chi connectivity index (χ3n) is 5.69. The molecule has 0 aliphatic heterocycles. The van der Waals surface area contributed by atoms with Crippen molar-refractivity contribution in [3.8, 4) is 0 Å². The van der Waals surface area contributed by atoms with E-state index in [9.17, 15) is 9.90 Å². The van der Waals surface area contributed by atoms with Gasteiger partial charge in [-0.2, -0.15) is 0 Å². The van der Waals surface area contributed by atoms with Crippen LogP contribution in [-0.2, 0) is 4.79 Å². The predicted molar refractivity (Wildman–Crippen MR) is 82.7 cm³/mol. The molecule has 0 heterocycles. The van der Waals surface area contributed by atoms with Gasteiger partial charge in [0.05, 0.1) is 0 Å². The van der Waals surface area contributed by atoms with Crippen molar-refractivity contribution in [3.05, 3.63) is 11.3 Å². The van der Waals surface area contributed by atoms with Crippen LogP contribution in [-0.4, -0.2) is 10.9 Å². The first-order valence-electron chi connectivity index (χ1n) is 8.55. The maximum atomic E-state index is 12.9. The van der Waals surface area contributed by atoms with Gasteiger partial charge in [-0.3, -0.25) is 4.79 Å².